The van der Waals surface area contributed by atoms with Gasteiger partial charge in [-0.3, -0.25) is 9.47 Å². The van der Waals surface area contributed by atoms with E-state index in [0.717, 1.165) is 50.1 Å². The van der Waals surface area contributed by atoms with Crippen molar-refractivity contribution in [2.45, 2.75) is 20.4 Å². The summed E-state index contributed by atoms with van der Waals surface area (Å²) in [5, 5.41) is 0. The van der Waals surface area contributed by atoms with Gasteiger partial charge in [-0.2, -0.15) is 0 Å². The minimum absolute atomic E-state index is 0.857. The van der Waals surface area contributed by atoms with Crippen molar-refractivity contribution in [2.75, 3.05) is 38.2 Å². The smallest absolute Gasteiger partial charge is 0.210 e. The lowest BCUT2D eigenvalue weighted by Crippen LogP contribution is -2.46. The van der Waals surface area contributed by atoms with Crippen molar-refractivity contribution in [2.24, 2.45) is 0 Å². The maximum atomic E-state index is 5.37. The van der Waals surface area contributed by atoms with Gasteiger partial charge in [0.15, 0.2) is 0 Å². The van der Waals surface area contributed by atoms with E-state index in [1.165, 1.54) is 16.7 Å². The number of aromatic nitrogens is 2. The fourth-order valence-corrected chi connectivity index (χ4v) is 3.81. The van der Waals surface area contributed by atoms with Crippen molar-refractivity contribution < 1.29 is 4.74 Å². The Hall–Kier alpha value is -2.79. The molecule has 1 aliphatic rings. The largest absolute Gasteiger partial charge is 0.497 e. The first-order valence-corrected chi connectivity index (χ1v) is 9.85. The minimum Gasteiger partial charge on any atom is -0.497 e. The number of rotatable bonds is 5. The minimum atomic E-state index is 0.857. The van der Waals surface area contributed by atoms with Crippen LogP contribution in [0.15, 0.2) is 54.9 Å². The fraction of sp³-hybridized carbons (Fsp3) is 0.348. The molecule has 4 rings (SSSR count). The van der Waals surface area contributed by atoms with Gasteiger partial charge in [0.1, 0.15) is 5.75 Å². The Labute approximate surface area is 167 Å². The quantitative estimate of drug-likeness (QED) is 0.678. The zero-order valence-electron chi connectivity index (χ0n) is 16.9. The normalized spacial score (nSPS) is 15.0. The van der Waals surface area contributed by atoms with Gasteiger partial charge in [-0.15, -0.1) is 0 Å². The lowest BCUT2D eigenvalue weighted by molar-refractivity contribution is 0.248. The van der Waals surface area contributed by atoms with E-state index in [4.69, 9.17) is 4.74 Å². The number of piperazine rings is 1. The van der Waals surface area contributed by atoms with Crippen LogP contribution < -0.4 is 9.64 Å². The summed E-state index contributed by atoms with van der Waals surface area (Å²) in [7, 11) is 1.70. The van der Waals surface area contributed by atoms with Gasteiger partial charge in [-0.25, -0.2) is 4.98 Å². The van der Waals surface area contributed by atoms with Crippen molar-refractivity contribution in [1.29, 1.82) is 0 Å². The standard InChI is InChI=1S/C23H28N4O/c1-18-7-8-19(2)20(15-18)17-25-11-13-26(14-12-25)23-24-9-10-27(23)21-5-4-6-22(16-21)28-3/h4-10,15-16H,11-14,17H2,1-3H3. The van der Waals surface area contributed by atoms with Crippen molar-refractivity contribution in [3.05, 3.63) is 71.5 Å². The molecule has 1 saturated heterocycles. The Morgan fingerprint density at radius 1 is 1.00 bits per heavy atom. The molecule has 0 saturated carbocycles. The molecule has 3 aromatic rings. The number of aryl methyl sites for hydroxylation is 2. The van der Waals surface area contributed by atoms with Gasteiger partial charge in [0.05, 0.1) is 12.8 Å². The Bertz CT molecular complexity index is 941. The molecule has 5 heteroatoms. The third-order valence-corrected chi connectivity index (χ3v) is 5.51. The molecule has 0 amide bonds. The second-order valence-electron chi connectivity index (χ2n) is 7.49. The maximum Gasteiger partial charge on any atom is 0.210 e. The van der Waals surface area contributed by atoms with Crippen LogP contribution in [0.5, 0.6) is 5.75 Å². The molecule has 0 spiro atoms. The highest BCUT2D eigenvalue weighted by atomic mass is 16.5. The average Bonchev–Trinajstić information content (AvgIpc) is 3.21. The van der Waals surface area contributed by atoms with Crippen LogP contribution in [0.1, 0.15) is 16.7 Å². The van der Waals surface area contributed by atoms with Crippen molar-refractivity contribution in [3.63, 3.8) is 0 Å². The third kappa shape index (κ3) is 3.90. The Kier molecular flexibility index (Phi) is 5.35. The number of hydrogen-bond acceptors (Lipinski definition) is 4. The Morgan fingerprint density at radius 2 is 1.82 bits per heavy atom. The molecular formula is C23H28N4O. The van der Waals surface area contributed by atoms with Crippen LogP contribution in [-0.4, -0.2) is 47.7 Å². The van der Waals surface area contributed by atoms with E-state index in [0.29, 0.717) is 0 Å². The molecule has 0 N–H and O–H groups in total. The molecule has 1 fully saturated rings. The van der Waals surface area contributed by atoms with Crippen molar-refractivity contribution in [3.8, 4) is 11.4 Å². The second-order valence-corrected chi connectivity index (χ2v) is 7.49. The molecule has 0 aliphatic carbocycles. The number of anilines is 1. The summed E-state index contributed by atoms with van der Waals surface area (Å²) in [4.78, 5) is 9.55. The van der Waals surface area contributed by atoms with Crippen LogP contribution >= 0.6 is 0 Å². The van der Waals surface area contributed by atoms with Gasteiger partial charge in [-0.05, 0) is 37.1 Å². The number of benzene rings is 2. The molecule has 1 aromatic heterocycles. The zero-order chi connectivity index (χ0) is 19.5. The fourth-order valence-electron chi connectivity index (χ4n) is 3.81. The van der Waals surface area contributed by atoms with E-state index in [1.807, 2.05) is 30.6 Å². The van der Waals surface area contributed by atoms with Gasteiger partial charge in [0.2, 0.25) is 5.95 Å². The SMILES string of the molecule is COc1cccc(-n2ccnc2N2CCN(Cc3cc(C)ccc3C)CC2)c1. The van der Waals surface area contributed by atoms with Crippen LogP contribution in [0.3, 0.4) is 0 Å². The maximum absolute atomic E-state index is 5.37. The number of hydrogen-bond donors (Lipinski definition) is 0. The molecule has 2 heterocycles. The van der Waals surface area contributed by atoms with E-state index < -0.39 is 0 Å². The third-order valence-electron chi connectivity index (χ3n) is 5.51. The lowest BCUT2D eigenvalue weighted by atomic mass is 10.0. The lowest BCUT2D eigenvalue weighted by Gasteiger charge is -2.35. The molecule has 0 unspecified atom stereocenters. The molecule has 1 aliphatic heterocycles. The number of ether oxygens (including phenoxy) is 1. The van der Waals surface area contributed by atoms with Crippen molar-refractivity contribution >= 4 is 5.95 Å². The summed E-state index contributed by atoms with van der Waals surface area (Å²) in [6.45, 7) is 9.43. The van der Waals surface area contributed by atoms with Crippen LogP contribution in [0.25, 0.3) is 5.69 Å². The molecule has 28 heavy (non-hydrogen) atoms. The highest BCUT2D eigenvalue weighted by Crippen LogP contribution is 2.23. The number of imidazole rings is 1. The summed E-state index contributed by atoms with van der Waals surface area (Å²) < 4.78 is 7.51. The number of methoxy groups -OCH3 is 1. The molecule has 0 atom stereocenters. The highest BCUT2D eigenvalue weighted by Gasteiger charge is 2.21. The zero-order valence-corrected chi connectivity index (χ0v) is 16.9. The summed E-state index contributed by atoms with van der Waals surface area (Å²) in [6.07, 6.45) is 3.89. The van der Waals surface area contributed by atoms with Gasteiger partial charge < -0.3 is 9.64 Å². The van der Waals surface area contributed by atoms with Gasteiger partial charge in [0.25, 0.3) is 0 Å². The summed E-state index contributed by atoms with van der Waals surface area (Å²) in [5.74, 6) is 1.86. The van der Waals surface area contributed by atoms with Gasteiger partial charge in [-0.1, -0.05) is 29.8 Å². The van der Waals surface area contributed by atoms with Crippen LogP contribution in [0.2, 0.25) is 0 Å². The number of nitrogens with zero attached hydrogens (tertiary/aromatic N) is 4. The molecule has 0 bridgehead atoms. The van der Waals surface area contributed by atoms with Crippen LogP contribution in [0.4, 0.5) is 5.95 Å². The van der Waals surface area contributed by atoms with E-state index >= 15 is 0 Å². The monoisotopic (exact) mass is 376 g/mol. The van der Waals surface area contributed by atoms with E-state index in [1.54, 1.807) is 7.11 Å². The summed E-state index contributed by atoms with van der Waals surface area (Å²) in [5.41, 5.74) is 5.22. The van der Waals surface area contributed by atoms with Gasteiger partial charge >= 0.3 is 0 Å². The van der Waals surface area contributed by atoms with E-state index in [2.05, 4.69) is 57.5 Å². The predicted molar refractivity (Wildman–Crippen MR) is 114 cm³/mol. The first kappa shape index (κ1) is 18.6. The van der Waals surface area contributed by atoms with E-state index in [-0.39, 0.29) is 0 Å². The van der Waals surface area contributed by atoms with E-state index in [9.17, 15) is 0 Å². The predicted octanol–water partition coefficient (Wildman–Crippen LogP) is 3.82. The van der Waals surface area contributed by atoms with Crippen LogP contribution in [-0.2, 0) is 6.54 Å². The van der Waals surface area contributed by atoms with Crippen molar-refractivity contribution in [1.82, 2.24) is 14.5 Å². The molecular weight excluding hydrogens is 348 g/mol. The molecule has 5 nitrogen and oxygen atoms in total. The Morgan fingerprint density at radius 3 is 2.61 bits per heavy atom. The summed E-state index contributed by atoms with van der Waals surface area (Å²) >= 11 is 0. The molecule has 2 aromatic carbocycles. The van der Waals surface area contributed by atoms with Crippen LogP contribution in [0, 0.1) is 13.8 Å². The first-order chi connectivity index (χ1) is 13.6. The molecule has 0 radical (unpaired) electrons. The molecule has 146 valence electrons. The first-order valence-electron chi connectivity index (χ1n) is 9.85. The Balaban J connectivity index is 1.45. The van der Waals surface area contributed by atoms with Gasteiger partial charge in [0, 0.05) is 51.2 Å². The second kappa shape index (κ2) is 8.07. The summed E-state index contributed by atoms with van der Waals surface area (Å²) in [6, 6.07) is 14.8. The topological polar surface area (TPSA) is 33.5 Å². The highest BCUT2D eigenvalue weighted by molar-refractivity contribution is 5.47. The average molecular weight is 377 g/mol.